The normalized spacial score (nSPS) is 11.6. The maximum atomic E-state index is 12.1. The van der Waals surface area contributed by atoms with Gasteiger partial charge in [-0.15, -0.1) is 0 Å². The van der Waals surface area contributed by atoms with E-state index in [0.29, 0.717) is 17.3 Å². The summed E-state index contributed by atoms with van der Waals surface area (Å²) in [6, 6.07) is 11.4. The maximum absolute atomic E-state index is 12.1. The summed E-state index contributed by atoms with van der Waals surface area (Å²) in [4.78, 5) is 24.1. The second-order valence-corrected chi connectivity index (χ2v) is 5.69. The van der Waals surface area contributed by atoms with Crippen molar-refractivity contribution in [2.75, 3.05) is 16.0 Å². The SMILES string of the molecule is Cc1cc(NC(=O)C(C)Nc2ccc(NC(=O)c3ccco3)cc2)no1. The van der Waals surface area contributed by atoms with Crippen molar-refractivity contribution in [3.8, 4) is 0 Å². The summed E-state index contributed by atoms with van der Waals surface area (Å²) in [6.07, 6.45) is 1.44. The van der Waals surface area contributed by atoms with Gasteiger partial charge in [0.2, 0.25) is 5.91 Å². The molecule has 3 rings (SSSR count). The van der Waals surface area contributed by atoms with Crippen LogP contribution in [0.4, 0.5) is 17.2 Å². The first-order valence-corrected chi connectivity index (χ1v) is 7.97. The number of carbonyl (C=O) groups is 2. The van der Waals surface area contributed by atoms with Gasteiger partial charge in [0.1, 0.15) is 11.8 Å². The van der Waals surface area contributed by atoms with Crippen molar-refractivity contribution in [2.24, 2.45) is 0 Å². The van der Waals surface area contributed by atoms with E-state index >= 15 is 0 Å². The molecule has 26 heavy (non-hydrogen) atoms. The molecule has 3 N–H and O–H groups in total. The number of nitrogens with zero attached hydrogens (tertiary/aromatic N) is 1. The molecule has 8 heteroatoms. The zero-order valence-electron chi connectivity index (χ0n) is 14.3. The number of anilines is 3. The highest BCUT2D eigenvalue weighted by Gasteiger charge is 2.15. The summed E-state index contributed by atoms with van der Waals surface area (Å²) in [5.74, 6) is 0.658. The van der Waals surface area contributed by atoms with Crippen molar-refractivity contribution >= 4 is 29.0 Å². The van der Waals surface area contributed by atoms with Gasteiger partial charge < -0.3 is 24.9 Å². The van der Waals surface area contributed by atoms with E-state index in [1.807, 2.05) is 0 Å². The molecule has 8 nitrogen and oxygen atoms in total. The van der Waals surface area contributed by atoms with Gasteiger partial charge in [0.05, 0.1) is 6.26 Å². The van der Waals surface area contributed by atoms with E-state index in [2.05, 4.69) is 21.1 Å². The number of hydrogen-bond donors (Lipinski definition) is 3. The first kappa shape index (κ1) is 17.3. The summed E-state index contributed by atoms with van der Waals surface area (Å²) in [6.45, 7) is 3.48. The van der Waals surface area contributed by atoms with E-state index in [4.69, 9.17) is 8.94 Å². The molecule has 2 heterocycles. The smallest absolute Gasteiger partial charge is 0.291 e. The van der Waals surface area contributed by atoms with E-state index in [1.165, 1.54) is 6.26 Å². The third-order valence-corrected chi connectivity index (χ3v) is 3.54. The molecule has 3 aromatic rings. The van der Waals surface area contributed by atoms with E-state index in [1.54, 1.807) is 56.3 Å². The molecule has 0 aliphatic rings. The number of benzene rings is 1. The van der Waals surface area contributed by atoms with Crippen LogP contribution in [-0.4, -0.2) is 23.0 Å². The minimum Gasteiger partial charge on any atom is -0.459 e. The van der Waals surface area contributed by atoms with Crippen LogP contribution in [0.25, 0.3) is 0 Å². The Kier molecular flexibility index (Phi) is 5.02. The van der Waals surface area contributed by atoms with Crippen molar-refractivity contribution in [1.82, 2.24) is 5.16 Å². The molecule has 0 spiro atoms. The van der Waals surface area contributed by atoms with Crippen LogP contribution in [0, 0.1) is 6.92 Å². The van der Waals surface area contributed by atoms with Crippen molar-refractivity contribution in [2.45, 2.75) is 19.9 Å². The fourth-order valence-corrected chi connectivity index (χ4v) is 2.23. The quantitative estimate of drug-likeness (QED) is 0.627. The fraction of sp³-hybridized carbons (Fsp3) is 0.167. The van der Waals surface area contributed by atoms with Crippen LogP contribution in [0.2, 0.25) is 0 Å². The third kappa shape index (κ3) is 4.29. The number of amides is 2. The lowest BCUT2D eigenvalue weighted by Crippen LogP contribution is -2.31. The van der Waals surface area contributed by atoms with E-state index in [9.17, 15) is 9.59 Å². The monoisotopic (exact) mass is 354 g/mol. The lowest BCUT2D eigenvalue weighted by Gasteiger charge is -2.14. The van der Waals surface area contributed by atoms with Gasteiger partial charge in [-0.1, -0.05) is 5.16 Å². The van der Waals surface area contributed by atoms with Crippen molar-refractivity contribution in [1.29, 1.82) is 0 Å². The van der Waals surface area contributed by atoms with Crippen molar-refractivity contribution in [3.05, 3.63) is 60.2 Å². The first-order valence-electron chi connectivity index (χ1n) is 7.97. The fourth-order valence-electron chi connectivity index (χ4n) is 2.23. The molecule has 0 radical (unpaired) electrons. The number of nitrogens with one attached hydrogen (secondary N) is 3. The average Bonchev–Trinajstić information content (AvgIpc) is 3.28. The standard InChI is InChI=1S/C18H18N4O4/c1-11-10-16(22-26-11)21-17(23)12(2)19-13-5-7-14(8-6-13)20-18(24)15-4-3-9-25-15/h3-10,12,19H,1-2H3,(H,20,24)(H,21,22,23). The summed E-state index contributed by atoms with van der Waals surface area (Å²) in [5.41, 5.74) is 1.35. The number of furan rings is 1. The predicted octanol–water partition coefficient (Wildman–Crippen LogP) is 3.27. The topological polar surface area (TPSA) is 109 Å². The molecule has 2 aromatic heterocycles. The van der Waals surface area contributed by atoms with Crippen molar-refractivity contribution < 1.29 is 18.5 Å². The number of hydrogen-bond acceptors (Lipinski definition) is 6. The van der Waals surface area contributed by atoms with E-state index in [0.717, 1.165) is 5.69 Å². The first-order chi connectivity index (χ1) is 12.5. The molecule has 134 valence electrons. The van der Waals surface area contributed by atoms with Crippen LogP contribution in [-0.2, 0) is 4.79 Å². The minimum absolute atomic E-state index is 0.237. The molecule has 0 aliphatic carbocycles. The van der Waals surface area contributed by atoms with Gasteiger partial charge in [0.25, 0.3) is 5.91 Å². The second-order valence-electron chi connectivity index (χ2n) is 5.69. The Morgan fingerprint density at radius 2 is 1.81 bits per heavy atom. The Balaban J connectivity index is 1.54. The van der Waals surface area contributed by atoms with Gasteiger partial charge in [0, 0.05) is 17.4 Å². The van der Waals surface area contributed by atoms with Gasteiger partial charge in [-0.2, -0.15) is 0 Å². The highest BCUT2D eigenvalue weighted by Crippen LogP contribution is 2.16. The lowest BCUT2D eigenvalue weighted by molar-refractivity contribution is -0.116. The average molecular weight is 354 g/mol. The van der Waals surface area contributed by atoms with Gasteiger partial charge in [-0.25, -0.2) is 0 Å². The predicted molar refractivity (Wildman–Crippen MR) is 96.1 cm³/mol. The minimum atomic E-state index is -0.490. The zero-order chi connectivity index (χ0) is 18.5. The lowest BCUT2D eigenvalue weighted by atomic mass is 10.2. The van der Waals surface area contributed by atoms with Gasteiger partial charge in [-0.3, -0.25) is 9.59 Å². The summed E-state index contributed by atoms with van der Waals surface area (Å²) in [7, 11) is 0. The number of carbonyl (C=O) groups excluding carboxylic acids is 2. The highest BCUT2D eigenvalue weighted by molar-refractivity contribution is 6.02. The Morgan fingerprint density at radius 3 is 2.42 bits per heavy atom. The van der Waals surface area contributed by atoms with Crippen molar-refractivity contribution in [3.63, 3.8) is 0 Å². The molecular weight excluding hydrogens is 336 g/mol. The second kappa shape index (κ2) is 7.56. The molecule has 0 saturated carbocycles. The summed E-state index contributed by atoms with van der Waals surface area (Å²) >= 11 is 0. The largest absolute Gasteiger partial charge is 0.459 e. The summed E-state index contributed by atoms with van der Waals surface area (Å²) < 4.78 is 9.95. The molecule has 1 unspecified atom stereocenters. The molecule has 0 bridgehead atoms. The summed E-state index contributed by atoms with van der Waals surface area (Å²) in [5, 5.41) is 12.2. The van der Waals surface area contributed by atoms with Crippen LogP contribution in [0.1, 0.15) is 23.2 Å². The molecule has 0 fully saturated rings. The number of aromatic nitrogens is 1. The number of aryl methyl sites for hydroxylation is 1. The maximum Gasteiger partial charge on any atom is 0.291 e. The van der Waals surface area contributed by atoms with Crippen LogP contribution < -0.4 is 16.0 Å². The molecule has 0 saturated heterocycles. The van der Waals surface area contributed by atoms with Crippen LogP contribution >= 0.6 is 0 Å². The zero-order valence-corrected chi connectivity index (χ0v) is 14.3. The Bertz CT molecular complexity index is 884. The van der Waals surface area contributed by atoms with Crippen LogP contribution in [0.5, 0.6) is 0 Å². The molecule has 2 amide bonds. The molecule has 0 aliphatic heterocycles. The highest BCUT2D eigenvalue weighted by atomic mass is 16.5. The molecular formula is C18H18N4O4. The molecule has 1 atom stereocenters. The van der Waals surface area contributed by atoms with Gasteiger partial charge in [-0.05, 0) is 50.2 Å². The third-order valence-electron chi connectivity index (χ3n) is 3.54. The van der Waals surface area contributed by atoms with Gasteiger partial charge >= 0.3 is 0 Å². The van der Waals surface area contributed by atoms with Crippen LogP contribution in [0.3, 0.4) is 0 Å². The molecule has 1 aromatic carbocycles. The Morgan fingerprint density at radius 1 is 1.08 bits per heavy atom. The number of rotatable bonds is 6. The van der Waals surface area contributed by atoms with Gasteiger partial charge in [0.15, 0.2) is 11.6 Å². The van der Waals surface area contributed by atoms with E-state index < -0.39 is 6.04 Å². The Hall–Kier alpha value is -3.55. The van der Waals surface area contributed by atoms with Crippen LogP contribution in [0.15, 0.2) is 57.7 Å². The Labute approximate surface area is 149 Å². The van der Waals surface area contributed by atoms with E-state index in [-0.39, 0.29) is 17.6 Å².